The number of ether oxygens (including phenoxy) is 1. The molecule has 1 aromatic rings. The number of rotatable bonds is 4. The van der Waals surface area contributed by atoms with Gasteiger partial charge in [0.2, 0.25) is 0 Å². The number of carbonyl (C=O) groups excluding carboxylic acids is 1. The Kier molecular flexibility index (Phi) is 4.34. The Balaban J connectivity index is 1.97. The minimum atomic E-state index is -0.136. The summed E-state index contributed by atoms with van der Waals surface area (Å²) < 4.78 is 5.35. The van der Waals surface area contributed by atoms with Crippen LogP contribution in [0, 0.1) is 5.41 Å². The number of hydrazine groups is 1. The molecule has 6 nitrogen and oxygen atoms in total. The lowest BCUT2D eigenvalue weighted by Gasteiger charge is -2.33. The Hall–Kier alpha value is -1.66. The Morgan fingerprint density at radius 2 is 2.26 bits per heavy atom. The minimum absolute atomic E-state index is 0.108. The van der Waals surface area contributed by atoms with Crippen molar-refractivity contribution in [2.75, 3.05) is 25.2 Å². The third-order valence-corrected chi connectivity index (χ3v) is 3.60. The van der Waals surface area contributed by atoms with Crippen molar-refractivity contribution in [2.45, 2.75) is 19.8 Å². The number of hydrogen-bond acceptors (Lipinski definition) is 5. The number of carbonyl (C=O) groups is 1. The van der Waals surface area contributed by atoms with Crippen LogP contribution >= 0.6 is 0 Å². The standard InChI is InChI=1S/C13H20N4O2/c1-13(3-6-19-7-4-13)9-16-12(18)10-2-5-15-8-11(10)17-14/h2,5,8,17H,3-4,6-7,9,14H2,1H3,(H,16,18). The van der Waals surface area contributed by atoms with Gasteiger partial charge in [0.1, 0.15) is 0 Å². The summed E-state index contributed by atoms with van der Waals surface area (Å²) in [4.78, 5) is 16.1. The summed E-state index contributed by atoms with van der Waals surface area (Å²) >= 11 is 0. The largest absolute Gasteiger partial charge is 0.381 e. The molecule has 1 fully saturated rings. The second-order valence-electron chi connectivity index (χ2n) is 5.17. The molecular formula is C13H20N4O2. The van der Waals surface area contributed by atoms with Crippen LogP contribution in [0.25, 0.3) is 0 Å². The molecule has 0 aromatic carbocycles. The number of anilines is 1. The van der Waals surface area contributed by atoms with E-state index >= 15 is 0 Å². The zero-order chi connectivity index (χ0) is 13.7. The highest BCUT2D eigenvalue weighted by atomic mass is 16.5. The van der Waals surface area contributed by atoms with Gasteiger partial charge in [-0.25, -0.2) is 0 Å². The first-order valence-electron chi connectivity index (χ1n) is 6.41. The topological polar surface area (TPSA) is 89.3 Å². The van der Waals surface area contributed by atoms with Gasteiger partial charge in [-0.3, -0.25) is 15.6 Å². The summed E-state index contributed by atoms with van der Waals surface area (Å²) in [7, 11) is 0. The van der Waals surface area contributed by atoms with Gasteiger partial charge in [0, 0.05) is 26.0 Å². The maximum Gasteiger partial charge on any atom is 0.253 e. The lowest BCUT2D eigenvalue weighted by atomic mass is 9.82. The van der Waals surface area contributed by atoms with Gasteiger partial charge in [0.05, 0.1) is 17.4 Å². The molecule has 1 aromatic heterocycles. The van der Waals surface area contributed by atoms with Crippen LogP contribution < -0.4 is 16.6 Å². The highest BCUT2D eigenvalue weighted by Crippen LogP contribution is 2.28. The molecule has 0 saturated carbocycles. The van der Waals surface area contributed by atoms with Crippen LogP contribution in [0.5, 0.6) is 0 Å². The van der Waals surface area contributed by atoms with Gasteiger partial charge in [0.25, 0.3) is 5.91 Å². The summed E-state index contributed by atoms with van der Waals surface area (Å²) in [6.07, 6.45) is 5.04. The Bertz CT molecular complexity index is 444. The lowest BCUT2D eigenvalue weighted by Crippen LogP contribution is -2.39. The number of nitrogens with two attached hydrogens (primary N) is 1. The lowest BCUT2D eigenvalue weighted by molar-refractivity contribution is 0.0238. The molecule has 2 rings (SSSR count). The summed E-state index contributed by atoms with van der Waals surface area (Å²) in [5.74, 6) is 5.23. The summed E-state index contributed by atoms with van der Waals surface area (Å²) in [6.45, 7) is 4.33. The van der Waals surface area contributed by atoms with Gasteiger partial charge >= 0.3 is 0 Å². The molecule has 0 bridgehead atoms. The monoisotopic (exact) mass is 264 g/mol. The maximum absolute atomic E-state index is 12.1. The van der Waals surface area contributed by atoms with E-state index in [1.807, 2.05) is 0 Å². The second kappa shape index (κ2) is 5.99. The Morgan fingerprint density at radius 3 is 2.95 bits per heavy atom. The van der Waals surface area contributed by atoms with Crippen molar-refractivity contribution in [1.82, 2.24) is 10.3 Å². The molecule has 0 aliphatic carbocycles. The number of hydrogen-bond donors (Lipinski definition) is 3. The van der Waals surface area contributed by atoms with Crippen molar-refractivity contribution in [1.29, 1.82) is 0 Å². The van der Waals surface area contributed by atoms with Crippen LogP contribution in [-0.2, 0) is 4.74 Å². The predicted molar refractivity (Wildman–Crippen MR) is 72.5 cm³/mol. The molecule has 2 heterocycles. The second-order valence-corrected chi connectivity index (χ2v) is 5.17. The SMILES string of the molecule is CC1(CNC(=O)c2ccncc2NN)CCOCC1. The molecule has 104 valence electrons. The van der Waals surface area contributed by atoms with E-state index in [9.17, 15) is 4.79 Å². The number of nitrogen functional groups attached to an aromatic ring is 1. The van der Waals surface area contributed by atoms with E-state index in [4.69, 9.17) is 10.6 Å². The quantitative estimate of drug-likeness (QED) is 0.555. The molecule has 1 aliphatic rings. The molecule has 0 unspecified atom stereocenters. The maximum atomic E-state index is 12.1. The van der Waals surface area contributed by atoms with Crippen LogP contribution in [0.2, 0.25) is 0 Å². The van der Waals surface area contributed by atoms with Crippen LogP contribution in [0.4, 0.5) is 5.69 Å². The average Bonchev–Trinajstić information content (AvgIpc) is 2.45. The fourth-order valence-electron chi connectivity index (χ4n) is 2.14. The Labute approximate surface area is 112 Å². The molecular weight excluding hydrogens is 244 g/mol. The van der Waals surface area contributed by atoms with E-state index in [0.29, 0.717) is 17.8 Å². The summed E-state index contributed by atoms with van der Waals surface area (Å²) in [6, 6.07) is 1.65. The minimum Gasteiger partial charge on any atom is -0.381 e. The van der Waals surface area contributed by atoms with Crippen molar-refractivity contribution < 1.29 is 9.53 Å². The molecule has 6 heteroatoms. The molecule has 0 atom stereocenters. The summed E-state index contributed by atoms with van der Waals surface area (Å²) in [5, 5.41) is 2.97. The van der Waals surface area contributed by atoms with Crippen molar-refractivity contribution in [3.8, 4) is 0 Å². The van der Waals surface area contributed by atoms with E-state index in [1.54, 1.807) is 12.3 Å². The first-order valence-corrected chi connectivity index (χ1v) is 6.41. The summed E-state index contributed by atoms with van der Waals surface area (Å²) in [5.41, 5.74) is 3.62. The normalized spacial score (nSPS) is 17.8. The number of amides is 1. The molecule has 1 amide bonds. The van der Waals surface area contributed by atoms with Crippen molar-refractivity contribution in [3.63, 3.8) is 0 Å². The van der Waals surface area contributed by atoms with Gasteiger partial charge in [-0.05, 0) is 24.3 Å². The van der Waals surface area contributed by atoms with E-state index in [-0.39, 0.29) is 11.3 Å². The van der Waals surface area contributed by atoms with Crippen molar-refractivity contribution in [2.24, 2.45) is 11.3 Å². The van der Waals surface area contributed by atoms with E-state index in [1.165, 1.54) is 6.20 Å². The van der Waals surface area contributed by atoms with Gasteiger partial charge in [-0.15, -0.1) is 0 Å². The molecule has 1 aliphatic heterocycles. The molecule has 4 N–H and O–H groups in total. The predicted octanol–water partition coefficient (Wildman–Crippen LogP) is 0.914. The van der Waals surface area contributed by atoms with E-state index in [0.717, 1.165) is 26.1 Å². The first-order chi connectivity index (χ1) is 9.14. The molecule has 0 radical (unpaired) electrons. The zero-order valence-corrected chi connectivity index (χ0v) is 11.1. The van der Waals surface area contributed by atoms with Gasteiger partial charge in [0.15, 0.2) is 0 Å². The van der Waals surface area contributed by atoms with Crippen molar-refractivity contribution in [3.05, 3.63) is 24.0 Å². The smallest absolute Gasteiger partial charge is 0.253 e. The third kappa shape index (κ3) is 3.42. The molecule has 0 spiro atoms. The Morgan fingerprint density at radius 1 is 1.53 bits per heavy atom. The number of nitrogens with one attached hydrogen (secondary N) is 2. The highest BCUT2D eigenvalue weighted by molar-refractivity contribution is 5.99. The number of pyridine rings is 1. The van der Waals surface area contributed by atoms with E-state index in [2.05, 4.69) is 22.7 Å². The molecule has 1 saturated heterocycles. The fraction of sp³-hybridized carbons (Fsp3) is 0.538. The number of aromatic nitrogens is 1. The first kappa shape index (κ1) is 13.8. The number of nitrogens with zero attached hydrogens (tertiary/aromatic N) is 1. The fourth-order valence-corrected chi connectivity index (χ4v) is 2.14. The molecule has 19 heavy (non-hydrogen) atoms. The average molecular weight is 264 g/mol. The van der Waals surface area contributed by atoms with Gasteiger partial charge in [-0.1, -0.05) is 6.92 Å². The van der Waals surface area contributed by atoms with Crippen LogP contribution in [0.1, 0.15) is 30.1 Å². The zero-order valence-electron chi connectivity index (χ0n) is 11.1. The third-order valence-electron chi connectivity index (χ3n) is 3.60. The van der Waals surface area contributed by atoms with Crippen LogP contribution in [-0.4, -0.2) is 30.6 Å². The highest BCUT2D eigenvalue weighted by Gasteiger charge is 2.28. The van der Waals surface area contributed by atoms with E-state index < -0.39 is 0 Å². The van der Waals surface area contributed by atoms with Crippen LogP contribution in [0.3, 0.4) is 0 Å². The van der Waals surface area contributed by atoms with Gasteiger partial charge in [-0.2, -0.15) is 0 Å². The van der Waals surface area contributed by atoms with Crippen LogP contribution in [0.15, 0.2) is 18.5 Å². The van der Waals surface area contributed by atoms with Crippen molar-refractivity contribution >= 4 is 11.6 Å². The van der Waals surface area contributed by atoms with Gasteiger partial charge < -0.3 is 15.5 Å².